The van der Waals surface area contributed by atoms with Crippen LogP contribution in [0.2, 0.25) is 0 Å². The summed E-state index contributed by atoms with van der Waals surface area (Å²) in [5, 5.41) is 12.0. The molecule has 0 aliphatic rings. The molecule has 4 heteroatoms. The molecule has 1 amide bonds. The van der Waals surface area contributed by atoms with Crippen molar-refractivity contribution in [3.63, 3.8) is 0 Å². The van der Waals surface area contributed by atoms with E-state index in [0.717, 1.165) is 16.7 Å². The van der Waals surface area contributed by atoms with Gasteiger partial charge in [-0.25, -0.2) is 0 Å². The number of amides is 1. The Morgan fingerprint density at radius 3 is 2.70 bits per heavy atom. The molecule has 1 atom stereocenters. The quantitative estimate of drug-likeness (QED) is 0.862. The van der Waals surface area contributed by atoms with Crippen molar-refractivity contribution in [3.05, 3.63) is 64.7 Å². The number of rotatable bonds is 6. The number of aryl methyl sites for hydroxylation is 2. The summed E-state index contributed by atoms with van der Waals surface area (Å²) in [6, 6.07) is 13.3. The van der Waals surface area contributed by atoms with Crippen LogP contribution in [0.5, 0.6) is 5.75 Å². The minimum atomic E-state index is -0.602. The summed E-state index contributed by atoms with van der Waals surface area (Å²) in [6.45, 7) is 6.23. The molecule has 0 saturated heterocycles. The van der Waals surface area contributed by atoms with Crippen molar-refractivity contribution in [3.8, 4) is 5.75 Å². The second-order valence-corrected chi connectivity index (χ2v) is 5.71. The Kier molecular flexibility index (Phi) is 5.77. The number of benzene rings is 2. The van der Waals surface area contributed by atoms with E-state index in [4.69, 9.17) is 9.84 Å². The zero-order chi connectivity index (χ0) is 16.8. The Hall–Kier alpha value is -2.33. The summed E-state index contributed by atoms with van der Waals surface area (Å²) in [4.78, 5) is 12.2. The third-order valence-electron chi connectivity index (χ3n) is 3.71. The Balaban J connectivity index is 1.91. The van der Waals surface area contributed by atoms with Crippen LogP contribution in [-0.4, -0.2) is 17.1 Å². The predicted octanol–water partition coefficient (Wildman–Crippen LogP) is 2.88. The monoisotopic (exact) mass is 313 g/mol. The van der Waals surface area contributed by atoms with E-state index >= 15 is 0 Å². The first kappa shape index (κ1) is 17.0. The van der Waals surface area contributed by atoms with E-state index < -0.39 is 6.10 Å². The van der Waals surface area contributed by atoms with E-state index in [1.54, 1.807) is 31.2 Å². The van der Waals surface area contributed by atoms with Gasteiger partial charge >= 0.3 is 0 Å². The fourth-order valence-electron chi connectivity index (χ4n) is 2.35. The highest BCUT2D eigenvalue weighted by Crippen LogP contribution is 2.15. The number of carbonyl (C=O) groups excluding carboxylic acids is 1. The van der Waals surface area contributed by atoms with Crippen molar-refractivity contribution < 1.29 is 14.6 Å². The largest absolute Gasteiger partial charge is 0.481 e. The topological polar surface area (TPSA) is 58.6 Å². The van der Waals surface area contributed by atoms with Gasteiger partial charge in [-0.1, -0.05) is 35.9 Å². The zero-order valence-electron chi connectivity index (χ0n) is 13.8. The minimum Gasteiger partial charge on any atom is -0.481 e. The lowest BCUT2D eigenvalue weighted by Gasteiger charge is -2.16. The minimum absolute atomic E-state index is 0.0511. The molecule has 2 N–H and O–H groups in total. The zero-order valence-corrected chi connectivity index (χ0v) is 13.8. The summed E-state index contributed by atoms with van der Waals surface area (Å²) in [5.74, 6) is 0.407. The smallest absolute Gasteiger partial charge is 0.261 e. The summed E-state index contributed by atoms with van der Waals surface area (Å²) in [6.07, 6.45) is -0.602. The van der Waals surface area contributed by atoms with Crippen molar-refractivity contribution in [2.45, 2.75) is 40.0 Å². The maximum atomic E-state index is 12.2. The molecule has 0 spiro atoms. The van der Waals surface area contributed by atoms with Crippen LogP contribution in [0.1, 0.15) is 29.2 Å². The summed E-state index contributed by atoms with van der Waals surface area (Å²) >= 11 is 0. The van der Waals surface area contributed by atoms with Crippen LogP contribution >= 0.6 is 0 Å². The average Bonchev–Trinajstić information content (AvgIpc) is 2.54. The van der Waals surface area contributed by atoms with Crippen LogP contribution in [0.15, 0.2) is 42.5 Å². The molecule has 0 aliphatic carbocycles. The molecular formula is C19H23NO3. The van der Waals surface area contributed by atoms with Crippen molar-refractivity contribution >= 4 is 5.91 Å². The first-order chi connectivity index (χ1) is 11.0. The van der Waals surface area contributed by atoms with Crippen LogP contribution in [0.4, 0.5) is 0 Å². The van der Waals surface area contributed by atoms with Crippen LogP contribution in [0, 0.1) is 13.8 Å². The van der Waals surface area contributed by atoms with Gasteiger partial charge in [0.2, 0.25) is 0 Å². The average molecular weight is 313 g/mol. The number of carbonyl (C=O) groups is 1. The maximum Gasteiger partial charge on any atom is 0.261 e. The molecule has 4 nitrogen and oxygen atoms in total. The van der Waals surface area contributed by atoms with Crippen LogP contribution in [0.25, 0.3) is 0 Å². The van der Waals surface area contributed by atoms with E-state index in [1.165, 1.54) is 5.56 Å². The van der Waals surface area contributed by atoms with E-state index in [0.29, 0.717) is 12.3 Å². The molecule has 0 heterocycles. The van der Waals surface area contributed by atoms with Crippen molar-refractivity contribution in [2.24, 2.45) is 0 Å². The first-order valence-corrected chi connectivity index (χ1v) is 7.70. The molecule has 2 aromatic rings. The molecule has 0 saturated carbocycles. The normalized spacial score (nSPS) is 11.8. The molecule has 0 aromatic heterocycles. The number of ether oxygens (including phenoxy) is 1. The maximum absolute atomic E-state index is 12.2. The molecule has 0 aliphatic heterocycles. The lowest BCUT2D eigenvalue weighted by Crippen LogP contribution is -2.36. The standard InChI is InChI=1S/C19H23NO3/c1-13-7-8-17(14(2)9-13)11-20-19(22)15(3)23-18-6-4-5-16(10-18)12-21/h4-10,15,21H,11-12H2,1-3H3,(H,20,22). The Labute approximate surface area is 137 Å². The summed E-state index contributed by atoms with van der Waals surface area (Å²) in [7, 11) is 0. The van der Waals surface area contributed by atoms with Gasteiger partial charge in [-0.3, -0.25) is 4.79 Å². The van der Waals surface area contributed by atoms with E-state index in [9.17, 15) is 4.79 Å². The van der Waals surface area contributed by atoms with Gasteiger partial charge in [0.15, 0.2) is 6.10 Å². The van der Waals surface area contributed by atoms with E-state index in [-0.39, 0.29) is 12.5 Å². The second-order valence-electron chi connectivity index (χ2n) is 5.71. The van der Waals surface area contributed by atoms with Gasteiger partial charge in [0, 0.05) is 6.54 Å². The van der Waals surface area contributed by atoms with Gasteiger partial charge < -0.3 is 15.2 Å². The van der Waals surface area contributed by atoms with Gasteiger partial charge in [-0.2, -0.15) is 0 Å². The SMILES string of the molecule is Cc1ccc(CNC(=O)C(C)Oc2cccc(CO)c2)c(C)c1. The van der Waals surface area contributed by atoms with Crippen LogP contribution in [0.3, 0.4) is 0 Å². The highest BCUT2D eigenvalue weighted by Gasteiger charge is 2.14. The molecule has 0 radical (unpaired) electrons. The summed E-state index contributed by atoms with van der Waals surface area (Å²) < 4.78 is 5.63. The van der Waals surface area contributed by atoms with Gasteiger partial charge in [0.05, 0.1) is 6.61 Å². The van der Waals surface area contributed by atoms with Crippen LogP contribution in [-0.2, 0) is 17.9 Å². The molecule has 0 fully saturated rings. The molecule has 2 aromatic carbocycles. The van der Waals surface area contributed by atoms with E-state index in [1.807, 2.05) is 26.0 Å². The highest BCUT2D eigenvalue weighted by atomic mass is 16.5. The van der Waals surface area contributed by atoms with Gasteiger partial charge in [-0.05, 0) is 49.6 Å². The Morgan fingerprint density at radius 2 is 2.00 bits per heavy atom. The fraction of sp³-hybridized carbons (Fsp3) is 0.316. The second kappa shape index (κ2) is 7.79. The first-order valence-electron chi connectivity index (χ1n) is 7.70. The van der Waals surface area contributed by atoms with Gasteiger partial charge in [-0.15, -0.1) is 0 Å². The Morgan fingerprint density at radius 1 is 1.22 bits per heavy atom. The third-order valence-corrected chi connectivity index (χ3v) is 3.71. The molecule has 0 bridgehead atoms. The molecule has 23 heavy (non-hydrogen) atoms. The molecule has 2 rings (SSSR count). The number of aliphatic hydroxyl groups excluding tert-OH is 1. The fourth-order valence-corrected chi connectivity index (χ4v) is 2.35. The van der Waals surface area contributed by atoms with Crippen molar-refractivity contribution in [2.75, 3.05) is 0 Å². The van der Waals surface area contributed by atoms with Crippen molar-refractivity contribution in [1.29, 1.82) is 0 Å². The van der Waals surface area contributed by atoms with Crippen molar-refractivity contribution in [1.82, 2.24) is 5.32 Å². The predicted molar refractivity (Wildman–Crippen MR) is 90.2 cm³/mol. The Bertz CT molecular complexity index is 682. The van der Waals surface area contributed by atoms with Gasteiger partial charge in [0.1, 0.15) is 5.75 Å². The number of aliphatic hydroxyl groups is 1. The lowest BCUT2D eigenvalue weighted by molar-refractivity contribution is -0.127. The lowest BCUT2D eigenvalue weighted by atomic mass is 10.1. The van der Waals surface area contributed by atoms with Crippen LogP contribution < -0.4 is 10.1 Å². The highest BCUT2D eigenvalue weighted by molar-refractivity contribution is 5.80. The third kappa shape index (κ3) is 4.83. The number of nitrogens with one attached hydrogen (secondary N) is 1. The molecule has 1 unspecified atom stereocenters. The molecule has 122 valence electrons. The summed E-state index contributed by atoms with van der Waals surface area (Å²) in [5.41, 5.74) is 4.22. The van der Waals surface area contributed by atoms with E-state index in [2.05, 4.69) is 11.4 Å². The number of hydrogen-bond donors (Lipinski definition) is 2. The van der Waals surface area contributed by atoms with Gasteiger partial charge in [0.25, 0.3) is 5.91 Å². The molecular weight excluding hydrogens is 290 g/mol. The number of hydrogen-bond acceptors (Lipinski definition) is 3.